The summed E-state index contributed by atoms with van der Waals surface area (Å²) in [6.45, 7) is 0. The summed E-state index contributed by atoms with van der Waals surface area (Å²) in [5.41, 5.74) is 0.528. The van der Waals surface area contributed by atoms with Gasteiger partial charge in [-0.3, -0.25) is 9.53 Å². The first-order valence-electron chi connectivity index (χ1n) is 6.17. The maximum atomic E-state index is 12.0. The van der Waals surface area contributed by atoms with E-state index in [9.17, 15) is 18.0 Å². The van der Waals surface area contributed by atoms with E-state index in [0.717, 1.165) is 4.47 Å². The Balaban J connectivity index is 1.86. The van der Waals surface area contributed by atoms with Crippen LogP contribution in [0.15, 0.2) is 22.7 Å². The molecule has 1 N–H and O–H groups in total. The fourth-order valence-corrected chi connectivity index (χ4v) is 2.46. The molecule has 2 rings (SSSR count). The molecular weight excluding hydrogens is 355 g/mol. The molecule has 1 aromatic carbocycles. The Labute approximate surface area is 127 Å². The van der Waals surface area contributed by atoms with Crippen LogP contribution in [0.5, 0.6) is 5.75 Å². The number of rotatable bonds is 4. The second-order valence-electron chi connectivity index (χ2n) is 4.69. The lowest BCUT2D eigenvalue weighted by atomic mass is 9.81. The largest absolute Gasteiger partial charge is 0.522 e. The van der Waals surface area contributed by atoms with Crippen LogP contribution in [-0.2, 0) is 9.53 Å². The molecular formula is C13H13BrF3NO3. The van der Waals surface area contributed by atoms with Gasteiger partial charge in [0.05, 0.1) is 17.7 Å². The lowest BCUT2D eigenvalue weighted by Crippen LogP contribution is -2.41. The number of ether oxygens (including phenoxy) is 2. The van der Waals surface area contributed by atoms with E-state index >= 15 is 0 Å². The molecule has 0 heterocycles. The highest BCUT2D eigenvalue weighted by Crippen LogP contribution is 2.36. The third-order valence-electron chi connectivity index (χ3n) is 3.18. The molecule has 0 bridgehead atoms. The van der Waals surface area contributed by atoms with Gasteiger partial charge >= 0.3 is 6.36 Å². The van der Waals surface area contributed by atoms with Crippen molar-refractivity contribution in [3.05, 3.63) is 22.7 Å². The van der Waals surface area contributed by atoms with Gasteiger partial charge in [-0.1, -0.05) is 0 Å². The third kappa shape index (κ3) is 4.34. The van der Waals surface area contributed by atoms with Crippen molar-refractivity contribution in [2.45, 2.75) is 25.3 Å². The van der Waals surface area contributed by atoms with E-state index < -0.39 is 18.4 Å². The fourth-order valence-electron chi connectivity index (χ4n) is 2.05. The Hall–Kier alpha value is -1.28. The Bertz CT molecular complexity index is 530. The average Bonchev–Trinajstić information content (AvgIpc) is 2.34. The molecule has 0 aromatic heterocycles. The van der Waals surface area contributed by atoms with E-state index in [1.165, 1.54) is 7.11 Å². The predicted molar refractivity (Wildman–Crippen MR) is 73.0 cm³/mol. The summed E-state index contributed by atoms with van der Waals surface area (Å²) in [5.74, 6) is -0.229. The van der Waals surface area contributed by atoms with Crippen molar-refractivity contribution in [1.29, 1.82) is 0 Å². The Morgan fingerprint density at radius 3 is 2.62 bits per heavy atom. The van der Waals surface area contributed by atoms with Gasteiger partial charge < -0.3 is 10.1 Å². The molecule has 0 aliphatic heterocycles. The number of amides is 1. The van der Waals surface area contributed by atoms with Gasteiger partial charge in [0.25, 0.3) is 0 Å². The van der Waals surface area contributed by atoms with Crippen molar-refractivity contribution in [3.8, 4) is 5.75 Å². The second-order valence-corrected chi connectivity index (χ2v) is 5.55. The summed E-state index contributed by atoms with van der Waals surface area (Å²) >= 11 is 3.29. The average molecular weight is 368 g/mol. The van der Waals surface area contributed by atoms with Gasteiger partial charge in [0.2, 0.25) is 5.91 Å². The summed E-state index contributed by atoms with van der Waals surface area (Å²) in [6.07, 6.45) is -5.44. The summed E-state index contributed by atoms with van der Waals surface area (Å²) in [5, 5.41) is 2.65. The topological polar surface area (TPSA) is 47.6 Å². The van der Waals surface area contributed by atoms with Gasteiger partial charge in [-0.05, 0) is 40.9 Å². The molecule has 0 saturated heterocycles. The molecule has 0 spiro atoms. The van der Waals surface area contributed by atoms with Crippen molar-refractivity contribution < 1.29 is 27.4 Å². The first kappa shape index (κ1) is 16.1. The standard InChI is InChI=1S/C13H13BrF3NO3/c1-20-11-6-8(2-3-10(11)14)18-12(19)7-4-9(5-7)21-13(15,16)17/h2-3,6-7,9H,4-5H2,1H3,(H,18,19). The molecule has 8 heteroatoms. The van der Waals surface area contributed by atoms with E-state index in [4.69, 9.17) is 4.74 Å². The van der Waals surface area contributed by atoms with Gasteiger partial charge in [0.1, 0.15) is 5.75 Å². The van der Waals surface area contributed by atoms with Crippen LogP contribution in [0, 0.1) is 5.92 Å². The van der Waals surface area contributed by atoms with Gasteiger partial charge in [0, 0.05) is 17.7 Å². The molecule has 0 unspecified atom stereocenters. The number of nitrogens with one attached hydrogen (secondary N) is 1. The number of hydrogen-bond donors (Lipinski definition) is 1. The van der Waals surface area contributed by atoms with Gasteiger partial charge in [0.15, 0.2) is 0 Å². The zero-order chi connectivity index (χ0) is 15.6. The van der Waals surface area contributed by atoms with Crippen LogP contribution < -0.4 is 10.1 Å². The number of alkyl halides is 3. The minimum atomic E-state index is -4.65. The van der Waals surface area contributed by atoms with Crippen molar-refractivity contribution >= 4 is 27.5 Å². The highest BCUT2D eigenvalue weighted by Gasteiger charge is 2.42. The molecule has 1 aliphatic carbocycles. The summed E-state index contributed by atoms with van der Waals surface area (Å²) in [7, 11) is 1.50. The number of carbonyl (C=O) groups is 1. The van der Waals surface area contributed by atoms with E-state index in [-0.39, 0.29) is 18.7 Å². The van der Waals surface area contributed by atoms with Crippen LogP contribution in [0.4, 0.5) is 18.9 Å². The molecule has 116 valence electrons. The molecule has 1 saturated carbocycles. The number of benzene rings is 1. The van der Waals surface area contributed by atoms with Crippen molar-refractivity contribution in [2.75, 3.05) is 12.4 Å². The Morgan fingerprint density at radius 1 is 1.38 bits per heavy atom. The Kier molecular flexibility index (Phi) is 4.77. The number of hydrogen-bond acceptors (Lipinski definition) is 3. The van der Waals surface area contributed by atoms with Crippen molar-refractivity contribution in [1.82, 2.24) is 0 Å². The SMILES string of the molecule is COc1cc(NC(=O)C2CC(OC(F)(F)F)C2)ccc1Br. The quantitative estimate of drug-likeness (QED) is 0.882. The molecule has 1 aliphatic rings. The van der Waals surface area contributed by atoms with E-state index in [2.05, 4.69) is 26.0 Å². The zero-order valence-corrected chi connectivity index (χ0v) is 12.6. The van der Waals surface area contributed by atoms with Gasteiger partial charge in [-0.2, -0.15) is 0 Å². The van der Waals surface area contributed by atoms with E-state index in [1.807, 2.05) is 0 Å². The van der Waals surface area contributed by atoms with Crippen LogP contribution in [0.2, 0.25) is 0 Å². The molecule has 1 aromatic rings. The molecule has 21 heavy (non-hydrogen) atoms. The smallest absolute Gasteiger partial charge is 0.495 e. The van der Waals surface area contributed by atoms with Gasteiger partial charge in [-0.25, -0.2) is 0 Å². The van der Waals surface area contributed by atoms with Crippen LogP contribution in [0.3, 0.4) is 0 Å². The molecule has 0 radical (unpaired) electrons. The first-order valence-corrected chi connectivity index (χ1v) is 6.96. The fraction of sp³-hybridized carbons (Fsp3) is 0.462. The monoisotopic (exact) mass is 367 g/mol. The first-order chi connectivity index (χ1) is 9.78. The number of anilines is 1. The van der Waals surface area contributed by atoms with E-state index in [1.54, 1.807) is 18.2 Å². The van der Waals surface area contributed by atoms with Crippen LogP contribution in [0.1, 0.15) is 12.8 Å². The highest BCUT2D eigenvalue weighted by atomic mass is 79.9. The minimum Gasteiger partial charge on any atom is -0.495 e. The van der Waals surface area contributed by atoms with Crippen molar-refractivity contribution in [3.63, 3.8) is 0 Å². The molecule has 4 nitrogen and oxygen atoms in total. The van der Waals surface area contributed by atoms with Crippen LogP contribution in [0.25, 0.3) is 0 Å². The lowest BCUT2D eigenvalue weighted by Gasteiger charge is -2.34. The zero-order valence-electron chi connectivity index (χ0n) is 11.0. The maximum absolute atomic E-state index is 12.0. The molecule has 1 amide bonds. The maximum Gasteiger partial charge on any atom is 0.522 e. The van der Waals surface area contributed by atoms with E-state index in [0.29, 0.717) is 11.4 Å². The Morgan fingerprint density at radius 2 is 2.05 bits per heavy atom. The number of halogens is 4. The highest BCUT2D eigenvalue weighted by molar-refractivity contribution is 9.10. The van der Waals surface area contributed by atoms with Crippen LogP contribution >= 0.6 is 15.9 Å². The lowest BCUT2D eigenvalue weighted by molar-refractivity contribution is -0.353. The minimum absolute atomic E-state index is 0.0685. The summed E-state index contributed by atoms with van der Waals surface area (Å²) in [4.78, 5) is 11.9. The summed E-state index contributed by atoms with van der Waals surface area (Å²) < 4.78 is 45.6. The molecule has 1 fully saturated rings. The predicted octanol–water partition coefficient (Wildman–Crippen LogP) is 3.71. The second kappa shape index (κ2) is 6.23. The summed E-state index contributed by atoms with van der Waals surface area (Å²) in [6, 6.07) is 5.02. The normalized spacial score (nSPS) is 21.6. The molecule has 0 atom stereocenters. The number of methoxy groups -OCH3 is 1. The third-order valence-corrected chi connectivity index (χ3v) is 3.84. The van der Waals surface area contributed by atoms with Crippen molar-refractivity contribution in [2.24, 2.45) is 5.92 Å². The van der Waals surface area contributed by atoms with Crippen LogP contribution in [-0.4, -0.2) is 25.5 Å². The number of carbonyl (C=O) groups excluding carboxylic acids is 1. The van der Waals surface area contributed by atoms with Gasteiger partial charge in [-0.15, -0.1) is 13.2 Å².